The molecule has 0 aromatic carbocycles. The zero-order chi connectivity index (χ0) is 16.6. The molecule has 1 saturated heterocycles. The second kappa shape index (κ2) is 6.09. The molecule has 128 valence electrons. The fourth-order valence-electron chi connectivity index (χ4n) is 3.73. The summed E-state index contributed by atoms with van der Waals surface area (Å²) in [6.07, 6.45) is 3.19. The number of aromatic nitrogens is 4. The molecule has 0 bridgehead atoms. The number of nitrogens with zero attached hydrogens (tertiary/aromatic N) is 5. The molecule has 7 nitrogen and oxygen atoms in total. The van der Waals surface area contributed by atoms with Gasteiger partial charge in [0.1, 0.15) is 0 Å². The van der Waals surface area contributed by atoms with Crippen LogP contribution in [0.15, 0.2) is 0 Å². The van der Waals surface area contributed by atoms with E-state index < -0.39 is 0 Å². The van der Waals surface area contributed by atoms with Crippen LogP contribution in [0.4, 0.5) is 5.95 Å². The molecule has 1 amide bonds. The Bertz CT molecular complexity index is 573. The van der Waals surface area contributed by atoms with Gasteiger partial charge in [-0.15, -0.1) is 0 Å². The predicted molar refractivity (Wildman–Crippen MR) is 87.8 cm³/mol. The molecule has 1 saturated carbocycles. The summed E-state index contributed by atoms with van der Waals surface area (Å²) >= 11 is 0. The van der Waals surface area contributed by atoms with Gasteiger partial charge in [-0.05, 0) is 46.9 Å². The fourth-order valence-corrected chi connectivity index (χ4v) is 3.73. The predicted octanol–water partition coefficient (Wildman–Crippen LogP) is 1.22. The van der Waals surface area contributed by atoms with E-state index in [0.717, 1.165) is 44.8 Å². The first-order chi connectivity index (χ1) is 10.9. The van der Waals surface area contributed by atoms with Gasteiger partial charge in [-0.3, -0.25) is 4.79 Å². The Labute approximate surface area is 137 Å². The first kappa shape index (κ1) is 16.2. The van der Waals surface area contributed by atoms with Crippen LogP contribution < -0.4 is 10.2 Å². The zero-order valence-electron chi connectivity index (χ0n) is 14.6. The molecule has 0 radical (unpaired) electrons. The molecule has 0 spiro atoms. The lowest BCUT2D eigenvalue weighted by atomic mass is 9.87. The molecule has 1 aromatic heterocycles. The summed E-state index contributed by atoms with van der Waals surface area (Å²) in [5, 5.41) is 14.9. The summed E-state index contributed by atoms with van der Waals surface area (Å²) < 4.78 is 1.72. The van der Waals surface area contributed by atoms with Crippen LogP contribution >= 0.6 is 0 Å². The fraction of sp³-hybridized carbons (Fsp3) is 0.875. The standard InChI is InChI=1S/C16H28N6O/c1-5-16(3)8-13(16)14(23)17-9-12-6-7-22(10-11(12)2)15-18-19-20-21(15)4/h11-13H,5-10H2,1-4H3,(H,17,23). The van der Waals surface area contributed by atoms with Crippen LogP contribution in [-0.4, -0.2) is 45.7 Å². The van der Waals surface area contributed by atoms with Crippen LogP contribution in [0.5, 0.6) is 0 Å². The van der Waals surface area contributed by atoms with Crippen molar-refractivity contribution >= 4 is 11.9 Å². The van der Waals surface area contributed by atoms with Gasteiger partial charge in [0.15, 0.2) is 0 Å². The maximum Gasteiger partial charge on any atom is 0.245 e. The lowest BCUT2D eigenvalue weighted by molar-refractivity contribution is -0.123. The molecule has 23 heavy (non-hydrogen) atoms. The zero-order valence-corrected chi connectivity index (χ0v) is 14.6. The first-order valence-corrected chi connectivity index (χ1v) is 8.69. The van der Waals surface area contributed by atoms with Crippen molar-refractivity contribution in [2.45, 2.75) is 40.0 Å². The topological polar surface area (TPSA) is 75.9 Å². The van der Waals surface area contributed by atoms with E-state index in [1.165, 1.54) is 0 Å². The molecule has 1 aromatic rings. The Hall–Kier alpha value is -1.66. The Morgan fingerprint density at radius 1 is 1.48 bits per heavy atom. The number of anilines is 1. The molecule has 4 atom stereocenters. The molecular weight excluding hydrogens is 292 g/mol. The van der Waals surface area contributed by atoms with Gasteiger partial charge in [0, 0.05) is 32.6 Å². The number of amides is 1. The molecule has 2 fully saturated rings. The number of carbonyl (C=O) groups is 1. The van der Waals surface area contributed by atoms with Gasteiger partial charge in [0.25, 0.3) is 0 Å². The van der Waals surface area contributed by atoms with Crippen molar-refractivity contribution < 1.29 is 4.79 Å². The highest BCUT2D eigenvalue weighted by Gasteiger charge is 2.52. The van der Waals surface area contributed by atoms with E-state index in [9.17, 15) is 4.79 Å². The van der Waals surface area contributed by atoms with Crippen LogP contribution in [-0.2, 0) is 11.8 Å². The summed E-state index contributed by atoms with van der Waals surface area (Å²) in [7, 11) is 1.87. The lowest BCUT2D eigenvalue weighted by Gasteiger charge is -2.37. The molecule has 4 unspecified atom stereocenters. The van der Waals surface area contributed by atoms with Gasteiger partial charge in [-0.1, -0.05) is 25.9 Å². The van der Waals surface area contributed by atoms with Crippen molar-refractivity contribution in [2.75, 3.05) is 24.5 Å². The average Bonchev–Trinajstić information content (AvgIpc) is 3.04. The molecule has 3 rings (SSSR count). The largest absolute Gasteiger partial charge is 0.356 e. The second-order valence-corrected chi connectivity index (χ2v) is 7.58. The minimum atomic E-state index is 0.229. The summed E-state index contributed by atoms with van der Waals surface area (Å²) in [6.45, 7) is 9.31. The summed E-state index contributed by atoms with van der Waals surface area (Å²) in [6, 6.07) is 0. The van der Waals surface area contributed by atoms with E-state index in [1.54, 1.807) is 4.68 Å². The first-order valence-electron chi connectivity index (χ1n) is 8.69. The van der Waals surface area contributed by atoms with Gasteiger partial charge in [-0.25, -0.2) is 4.68 Å². The van der Waals surface area contributed by atoms with Gasteiger partial charge in [0.2, 0.25) is 11.9 Å². The number of nitrogens with one attached hydrogen (secondary N) is 1. The Balaban J connectivity index is 1.48. The van der Waals surface area contributed by atoms with Crippen LogP contribution in [0.1, 0.15) is 40.0 Å². The van der Waals surface area contributed by atoms with Crippen molar-refractivity contribution in [3.8, 4) is 0 Å². The van der Waals surface area contributed by atoms with Crippen LogP contribution in [0.25, 0.3) is 0 Å². The van der Waals surface area contributed by atoms with Crippen LogP contribution in [0.2, 0.25) is 0 Å². The molecule has 7 heteroatoms. The minimum Gasteiger partial charge on any atom is -0.356 e. The maximum absolute atomic E-state index is 12.3. The van der Waals surface area contributed by atoms with E-state index in [-0.39, 0.29) is 17.2 Å². The number of carbonyl (C=O) groups excluding carboxylic acids is 1. The number of aryl methyl sites for hydroxylation is 1. The van der Waals surface area contributed by atoms with E-state index in [1.807, 2.05) is 7.05 Å². The third-order valence-electron chi connectivity index (χ3n) is 5.98. The summed E-state index contributed by atoms with van der Waals surface area (Å²) in [4.78, 5) is 14.5. The summed E-state index contributed by atoms with van der Waals surface area (Å²) in [5.41, 5.74) is 0.247. The number of piperidine rings is 1. The van der Waals surface area contributed by atoms with E-state index in [4.69, 9.17) is 0 Å². The second-order valence-electron chi connectivity index (χ2n) is 7.58. The van der Waals surface area contributed by atoms with Gasteiger partial charge < -0.3 is 10.2 Å². The Kier molecular flexibility index (Phi) is 4.29. The number of rotatable bonds is 5. The number of tetrazole rings is 1. The SMILES string of the molecule is CCC1(C)CC1C(=O)NCC1CCN(c2nnnn2C)CC1C. The highest BCUT2D eigenvalue weighted by molar-refractivity contribution is 5.82. The molecular formula is C16H28N6O. The smallest absolute Gasteiger partial charge is 0.245 e. The molecule has 2 heterocycles. The Morgan fingerprint density at radius 2 is 2.26 bits per heavy atom. The monoisotopic (exact) mass is 320 g/mol. The van der Waals surface area contributed by atoms with Gasteiger partial charge >= 0.3 is 0 Å². The maximum atomic E-state index is 12.3. The highest BCUT2D eigenvalue weighted by atomic mass is 16.2. The molecule has 1 aliphatic heterocycles. The Morgan fingerprint density at radius 3 is 2.83 bits per heavy atom. The molecule has 1 aliphatic carbocycles. The summed E-state index contributed by atoms with van der Waals surface area (Å²) in [5.74, 6) is 2.35. The van der Waals surface area contributed by atoms with Gasteiger partial charge in [-0.2, -0.15) is 0 Å². The number of hydrogen-bond acceptors (Lipinski definition) is 5. The molecule has 1 N–H and O–H groups in total. The number of hydrogen-bond donors (Lipinski definition) is 1. The lowest BCUT2D eigenvalue weighted by Crippen LogP contribution is -2.44. The highest BCUT2D eigenvalue weighted by Crippen LogP contribution is 2.54. The van der Waals surface area contributed by atoms with E-state index >= 15 is 0 Å². The van der Waals surface area contributed by atoms with Crippen molar-refractivity contribution in [2.24, 2.45) is 30.2 Å². The van der Waals surface area contributed by atoms with Gasteiger partial charge in [0.05, 0.1) is 0 Å². The van der Waals surface area contributed by atoms with E-state index in [2.05, 4.69) is 46.5 Å². The van der Waals surface area contributed by atoms with Crippen LogP contribution in [0.3, 0.4) is 0 Å². The van der Waals surface area contributed by atoms with Crippen molar-refractivity contribution in [1.29, 1.82) is 0 Å². The minimum absolute atomic E-state index is 0.229. The van der Waals surface area contributed by atoms with Crippen molar-refractivity contribution in [3.63, 3.8) is 0 Å². The third-order valence-corrected chi connectivity index (χ3v) is 5.98. The average molecular weight is 320 g/mol. The third kappa shape index (κ3) is 3.19. The van der Waals surface area contributed by atoms with Crippen LogP contribution in [0, 0.1) is 23.2 Å². The molecule has 2 aliphatic rings. The van der Waals surface area contributed by atoms with Crippen molar-refractivity contribution in [1.82, 2.24) is 25.5 Å². The normalized spacial score (nSPS) is 33.6. The van der Waals surface area contributed by atoms with E-state index in [0.29, 0.717) is 11.8 Å². The quantitative estimate of drug-likeness (QED) is 0.883. The van der Waals surface area contributed by atoms with Crippen molar-refractivity contribution in [3.05, 3.63) is 0 Å².